The smallest absolute Gasteiger partial charge is 0.287 e. The largest absolute Gasteiger partial charge is 0.449 e. The zero-order valence-corrected chi connectivity index (χ0v) is 17.5. The minimum Gasteiger partial charge on any atom is -0.449 e. The second-order valence-corrected chi connectivity index (χ2v) is 9.03. The van der Waals surface area contributed by atoms with Crippen LogP contribution in [0.1, 0.15) is 42.4 Å². The van der Waals surface area contributed by atoms with Crippen LogP contribution in [0.2, 0.25) is 0 Å². The van der Waals surface area contributed by atoms with Crippen LogP contribution in [0, 0.1) is 18.3 Å². The molecule has 7 heteroatoms. The Hall–Kier alpha value is -2.41. The number of hydrogen-bond acceptors (Lipinski definition) is 5. The van der Waals surface area contributed by atoms with Crippen LogP contribution in [0.25, 0.3) is 11.1 Å². The summed E-state index contributed by atoms with van der Waals surface area (Å²) in [6.45, 7) is 8.01. The molecule has 2 aliphatic rings. The maximum atomic E-state index is 12.9. The molecule has 29 heavy (non-hydrogen) atoms. The van der Waals surface area contributed by atoms with Crippen LogP contribution in [0.3, 0.4) is 0 Å². The molecule has 0 aliphatic carbocycles. The summed E-state index contributed by atoms with van der Waals surface area (Å²) in [5.74, 6) is 0.474. The van der Waals surface area contributed by atoms with E-state index in [4.69, 9.17) is 4.42 Å². The maximum absolute atomic E-state index is 12.9. The van der Waals surface area contributed by atoms with Gasteiger partial charge in [0.2, 0.25) is 5.91 Å². The highest BCUT2D eigenvalue weighted by molar-refractivity contribution is 5.95. The lowest BCUT2D eigenvalue weighted by Gasteiger charge is -2.31. The molecule has 4 heterocycles. The minimum atomic E-state index is -0.234. The van der Waals surface area contributed by atoms with Crippen LogP contribution >= 0.6 is 0 Å². The lowest BCUT2D eigenvalue weighted by Crippen LogP contribution is -2.43. The first-order valence-corrected chi connectivity index (χ1v) is 10.5. The Morgan fingerprint density at radius 2 is 2.03 bits per heavy atom. The van der Waals surface area contributed by atoms with Gasteiger partial charge in [-0.25, -0.2) is 4.98 Å². The van der Waals surface area contributed by atoms with Crippen molar-refractivity contribution < 1.29 is 14.0 Å². The van der Waals surface area contributed by atoms with E-state index in [9.17, 15) is 9.59 Å². The summed E-state index contributed by atoms with van der Waals surface area (Å²) in [4.78, 5) is 34.1. The monoisotopic (exact) mass is 398 g/mol. The number of nitrogens with zero attached hydrogens (tertiary/aromatic N) is 3. The zero-order valence-electron chi connectivity index (χ0n) is 17.5. The highest BCUT2D eigenvalue weighted by Gasteiger charge is 2.39. The van der Waals surface area contributed by atoms with Crippen molar-refractivity contribution >= 4 is 22.9 Å². The number of nitrogens with one attached hydrogen (secondary N) is 1. The van der Waals surface area contributed by atoms with Gasteiger partial charge in [-0.15, -0.1) is 0 Å². The molecular formula is C22H30N4O3. The first-order chi connectivity index (χ1) is 13.8. The van der Waals surface area contributed by atoms with Crippen LogP contribution in [0.15, 0.2) is 22.6 Å². The number of aromatic nitrogens is 1. The fraction of sp³-hybridized carbons (Fsp3) is 0.591. The van der Waals surface area contributed by atoms with Gasteiger partial charge in [0.15, 0.2) is 11.3 Å². The molecule has 0 aromatic carbocycles. The molecule has 2 fully saturated rings. The third-order valence-corrected chi connectivity index (χ3v) is 6.35. The Bertz CT molecular complexity index is 916. The number of fused-ring (bicyclic) bond motifs is 1. The molecule has 2 saturated heterocycles. The summed E-state index contributed by atoms with van der Waals surface area (Å²) in [6.07, 6.45) is 2.78. The molecule has 0 radical (unpaired) electrons. The van der Waals surface area contributed by atoms with Gasteiger partial charge in [-0.2, -0.15) is 0 Å². The quantitative estimate of drug-likeness (QED) is 0.856. The van der Waals surface area contributed by atoms with Gasteiger partial charge in [-0.05, 0) is 58.5 Å². The summed E-state index contributed by atoms with van der Waals surface area (Å²) < 4.78 is 5.64. The van der Waals surface area contributed by atoms with Crippen LogP contribution < -0.4 is 5.32 Å². The van der Waals surface area contributed by atoms with Gasteiger partial charge in [-0.1, -0.05) is 6.92 Å². The van der Waals surface area contributed by atoms with Crippen LogP contribution in [0.4, 0.5) is 0 Å². The van der Waals surface area contributed by atoms with Crippen molar-refractivity contribution in [2.45, 2.75) is 33.1 Å². The third-order valence-electron chi connectivity index (χ3n) is 6.35. The summed E-state index contributed by atoms with van der Waals surface area (Å²) in [5.41, 5.74) is 2.08. The van der Waals surface area contributed by atoms with E-state index in [1.807, 2.05) is 24.0 Å². The highest BCUT2D eigenvalue weighted by Crippen LogP contribution is 2.31. The van der Waals surface area contributed by atoms with Crippen molar-refractivity contribution in [2.75, 3.05) is 39.8 Å². The van der Waals surface area contributed by atoms with Crippen LogP contribution in [-0.4, -0.2) is 66.4 Å². The van der Waals surface area contributed by atoms with E-state index in [0.29, 0.717) is 24.2 Å². The number of pyridine rings is 1. The standard InChI is InChI=1S/C22H30N4O3/c1-15-4-5-18-17(24-15)12-19(29-18)20(27)23-13-22(2)8-11-26(14-22)21(28)16-6-9-25(3)10-7-16/h4-5,12,16H,6-11,13-14H2,1-3H3,(H,23,27). The van der Waals surface area contributed by atoms with Crippen LogP contribution in [0.5, 0.6) is 0 Å². The van der Waals surface area contributed by atoms with Crippen molar-refractivity contribution in [3.63, 3.8) is 0 Å². The SMILES string of the molecule is Cc1ccc2oc(C(=O)NCC3(C)CCN(C(=O)C4CCN(C)CC4)C3)cc2n1. The van der Waals surface area contributed by atoms with Crippen molar-refractivity contribution in [3.05, 3.63) is 29.7 Å². The Kier molecular flexibility index (Phi) is 5.34. The van der Waals surface area contributed by atoms with Gasteiger partial charge in [0.1, 0.15) is 5.52 Å². The first kappa shape index (κ1) is 19.9. The molecule has 0 saturated carbocycles. The topological polar surface area (TPSA) is 78.7 Å². The van der Waals surface area contributed by atoms with Crippen LogP contribution in [-0.2, 0) is 4.79 Å². The third kappa shape index (κ3) is 4.29. The lowest BCUT2D eigenvalue weighted by atomic mass is 9.89. The minimum absolute atomic E-state index is 0.113. The predicted molar refractivity (Wildman–Crippen MR) is 111 cm³/mol. The lowest BCUT2D eigenvalue weighted by molar-refractivity contribution is -0.136. The van der Waals surface area contributed by atoms with E-state index in [-0.39, 0.29) is 28.9 Å². The average Bonchev–Trinajstić information content (AvgIpc) is 3.30. The molecule has 0 spiro atoms. The Morgan fingerprint density at radius 3 is 2.79 bits per heavy atom. The van der Waals surface area contributed by atoms with Gasteiger partial charge < -0.3 is 19.5 Å². The first-order valence-electron chi connectivity index (χ1n) is 10.5. The summed E-state index contributed by atoms with van der Waals surface area (Å²) >= 11 is 0. The van der Waals surface area contributed by atoms with E-state index in [2.05, 4.69) is 29.2 Å². The number of hydrogen-bond donors (Lipinski definition) is 1. The molecule has 2 amide bonds. The number of rotatable bonds is 4. The number of carbonyl (C=O) groups is 2. The van der Waals surface area contributed by atoms with E-state index in [0.717, 1.165) is 44.6 Å². The number of amides is 2. The number of aryl methyl sites for hydroxylation is 1. The van der Waals surface area contributed by atoms with Crippen molar-refractivity contribution in [1.82, 2.24) is 20.1 Å². The van der Waals surface area contributed by atoms with Gasteiger partial charge in [-0.3, -0.25) is 9.59 Å². The molecule has 2 aromatic heterocycles. The van der Waals surface area contributed by atoms with E-state index < -0.39 is 0 Å². The Morgan fingerprint density at radius 1 is 1.28 bits per heavy atom. The van der Waals surface area contributed by atoms with E-state index >= 15 is 0 Å². The predicted octanol–water partition coefficient (Wildman–Crippen LogP) is 2.45. The second-order valence-electron chi connectivity index (χ2n) is 9.03. The number of carbonyl (C=O) groups excluding carboxylic acids is 2. The fourth-order valence-electron chi connectivity index (χ4n) is 4.39. The summed E-state index contributed by atoms with van der Waals surface area (Å²) in [5, 5.41) is 3.00. The zero-order chi connectivity index (χ0) is 20.6. The van der Waals surface area contributed by atoms with Crippen molar-refractivity contribution in [2.24, 2.45) is 11.3 Å². The van der Waals surface area contributed by atoms with Gasteiger partial charge in [0.05, 0.1) is 0 Å². The normalized spacial score (nSPS) is 23.6. The van der Waals surface area contributed by atoms with Gasteiger partial charge in [0, 0.05) is 42.7 Å². The average molecular weight is 399 g/mol. The Balaban J connectivity index is 1.33. The number of furan rings is 1. The molecule has 1 unspecified atom stereocenters. The second kappa shape index (κ2) is 7.78. The maximum Gasteiger partial charge on any atom is 0.287 e. The molecule has 7 nitrogen and oxygen atoms in total. The molecule has 0 bridgehead atoms. The van der Waals surface area contributed by atoms with Gasteiger partial charge >= 0.3 is 0 Å². The molecule has 4 rings (SSSR count). The fourth-order valence-corrected chi connectivity index (χ4v) is 4.39. The van der Waals surface area contributed by atoms with E-state index in [1.165, 1.54) is 0 Å². The molecular weight excluding hydrogens is 368 g/mol. The van der Waals surface area contributed by atoms with Crippen molar-refractivity contribution in [1.29, 1.82) is 0 Å². The highest BCUT2D eigenvalue weighted by atomic mass is 16.3. The van der Waals surface area contributed by atoms with Crippen molar-refractivity contribution in [3.8, 4) is 0 Å². The molecule has 156 valence electrons. The number of likely N-dealkylation sites (tertiary alicyclic amines) is 2. The summed E-state index contributed by atoms with van der Waals surface area (Å²) in [7, 11) is 2.11. The summed E-state index contributed by atoms with van der Waals surface area (Å²) in [6, 6.07) is 5.38. The molecule has 2 aromatic rings. The molecule has 1 atom stereocenters. The Labute approximate surface area is 171 Å². The number of piperidine rings is 1. The molecule has 1 N–H and O–H groups in total. The molecule has 2 aliphatic heterocycles. The van der Waals surface area contributed by atoms with E-state index in [1.54, 1.807) is 6.07 Å². The van der Waals surface area contributed by atoms with Gasteiger partial charge in [0.25, 0.3) is 5.91 Å².